The standard InChI is InChI=1S/C16H20N4O3/c21-11-13-3-1-2-10-20(13)15(22)5-4-14-18-16(19-23-14)12-6-8-17-9-7-12/h6-9,13,21H,1-5,10-11H2. The predicted molar refractivity (Wildman–Crippen MR) is 82.3 cm³/mol. The van der Waals surface area contributed by atoms with E-state index >= 15 is 0 Å². The number of hydrogen-bond acceptors (Lipinski definition) is 6. The number of aryl methyl sites for hydroxylation is 1. The van der Waals surface area contributed by atoms with Gasteiger partial charge in [-0.2, -0.15) is 4.98 Å². The van der Waals surface area contributed by atoms with Crippen molar-refractivity contribution in [2.45, 2.75) is 38.1 Å². The van der Waals surface area contributed by atoms with Crippen LogP contribution in [0.2, 0.25) is 0 Å². The van der Waals surface area contributed by atoms with Crippen LogP contribution in [0.4, 0.5) is 0 Å². The van der Waals surface area contributed by atoms with E-state index in [1.807, 2.05) is 0 Å². The molecule has 1 unspecified atom stereocenters. The van der Waals surface area contributed by atoms with Crippen LogP contribution >= 0.6 is 0 Å². The monoisotopic (exact) mass is 316 g/mol. The van der Waals surface area contributed by atoms with E-state index in [9.17, 15) is 9.90 Å². The van der Waals surface area contributed by atoms with Crippen molar-refractivity contribution in [2.75, 3.05) is 13.2 Å². The Balaban J connectivity index is 1.58. The minimum atomic E-state index is -0.0497. The summed E-state index contributed by atoms with van der Waals surface area (Å²) < 4.78 is 5.21. The van der Waals surface area contributed by atoms with Gasteiger partial charge < -0.3 is 14.5 Å². The Hall–Kier alpha value is -2.28. The second kappa shape index (κ2) is 7.32. The van der Waals surface area contributed by atoms with Crippen LogP contribution in [-0.4, -0.2) is 50.2 Å². The first-order chi connectivity index (χ1) is 11.3. The van der Waals surface area contributed by atoms with Crippen molar-refractivity contribution in [3.8, 4) is 11.4 Å². The second-order valence-corrected chi connectivity index (χ2v) is 5.67. The molecule has 1 amide bonds. The second-order valence-electron chi connectivity index (χ2n) is 5.67. The number of carbonyl (C=O) groups is 1. The molecular weight excluding hydrogens is 296 g/mol. The fourth-order valence-corrected chi connectivity index (χ4v) is 2.85. The van der Waals surface area contributed by atoms with Gasteiger partial charge in [0.1, 0.15) is 0 Å². The molecule has 1 N–H and O–H groups in total. The minimum Gasteiger partial charge on any atom is -0.394 e. The number of carbonyl (C=O) groups excluding carboxylic acids is 1. The number of piperidine rings is 1. The highest BCUT2D eigenvalue weighted by molar-refractivity contribution is 5.76. The number of aliphatic hydroxyl groups is 1. The Morgan fingerprint density at radius 2 is 2.17 bits per heavy atom. The largest absolute Gasteiger partial charge is 0.394 e. The summed E-state index contributed by atoms with van der Waals surface area (Å²) in [7, 11) is 0. The maximum atomic E-state index is 12.3. The van der Waals surface area contributed by atoms with Gasteiger partial charge in [-0.25, -0.2) is 0 Å². The van der Waals surface area contributed by atoms with Crippen LogP contribution < -0.4 is 0 Å². The molecule has 1 saturated heterocycles. The molecule has 0 bridgehead atoms. The normalized spacial score (nSPS) is 18.1. The maximum absolute atomic E-state index is 12.3. The Labute approximate surface area is 134 Å². The Morgan fingerprint density at radius 3 is 2.96 bits per heavy atom. The van der Waals surface area contributed by atoms with Gasteiger partial charge in [0, 0.05) is 37.3 Å². The molecule has 0 aromatic carbocycles. The lowest BCUT2D eigenvalue weighted by Gasteiger charge is -2.34. The van der Waals surface area contributed by atoms with E-state index in [0.29, 0.717) is 24.6 Å². The average molecular weight is 316 g/mol. The van der Waals surface area contributed by atoms with Crippen molar-refractivity contribution in [2.24, 2.45) is 0 Å². The zero-order valence-electron chi connectivity index (χ0n) is 12.9. The van der Waals surface area contributed by atoms with E-state index in [1.54, 1.807) is 29.4 Å². The maximum Gasteiger partial charge on any atom is 0.227 e. The number of nitrogens with zero attached hydrogens (tertiary/aromatic N) is 4. The van der Waals surface area contributed by atoms with Gasteiger partial charge in [0.25, 0.3) is 0 Å². The van der Waals surface area contributed by atoms with E-state index in [1.165, 1.54) is 0 Å². The predicted octanol–water partition coefficient (Wildman–Crippen LogP) is 1.44. The fourth-order valence-electron chi connectivity index (χ4n) is 2.85. The smallest absolute Gasteiger partial charge is 0.227 e. The molecular formula is C16H20N4O3. The van der Waals surface area contributed by atoms with Gasteiger partial charge in [-0.3, -0.25) is 9.78 Å². The molecule has 7 nitrogen and oxygen atoms in total. The summed E-state index contributed by atoms with van der Waals surface area (Å²) in [5.74, 6) is 0.983. The van der Waals surface area contributed by atoms with Gasteiger partial charge >= 0.3 is 0 Å². The molecule has 0 radical (unpaired) electrons. The van der Waals surface area contributed by atoms with Gasteiger partial charge in [0.05, 0.1) is 12.6 Å². The van der Waals surface area contributed by atoms with Gasteiger partial charge in [-0.1, -0.05) is 5.16 Å². The van der Waals surface area contributed by atoms with Crippen LogP contribution in [0.3, 0.4) is 0 Å². The lowest BCUT2D eigenvalue weighted by Crippen LogP contribution is -2.45. The molecule has 122 valence electrons. The fraction of sp³-hybridized carbons (Fsp3) is 0.500. The van der Waals surface area contributed by atoms with E-state index in [-0.39, 0.29) is 18.6 Å². The molecule has 1 atom stereocenters. The Kier molecular flexibility index (Phi) is 4.97. The lowest BCUT2D eigenvalue weighted by atomic mass is 10.0. The van der Waals surface area contributed by atoms with Crippen LogP contribution in [0.1, 0.15) is 31.6 Å². The molecule has 23 heavy (non-hydrogen) atoms. The van der Waals surface area contributed by atoms with Crippen LogP contribution in [0.25, 0.3) is 11.4 Å². The summed E-state index contributed by atoms with van der Waals surface area (Å²) >= 11 is 0. The summed E-state index contributed by atoms with van der Waals surface area (Å²) in [6.07, 6.45) is 6.98. The molecule has 3 heterocycles. The van der Waals surface area contributed by atoms with Crippen LogP contribution in [-0.2, 0) is 11.2 Å². The van der Waals surface area contributed by atoms with E-state index < -0.39 is 0 Å². The number of aromatic nitrogens is 3. The topological polar surface area (TPSA) is 92.3 Å². The third kappa shape index (κ3) is 3.73. The first-order valence-corrected chi connectivity index (χ1v) is 7.91. The lowest BCUT2D eigenvalue weighted by molar-refractivity contribution is -0.136. The van der Waals surface area contributed by atoms with Crippen molar-refractivity contribution >= 4 is 5.91 Å². The SMILES string of the molecule is O=C(CCc1nc(-c2ccncc2)no1)N1CCCCC1CO. The summed E-state index contributed by atoms with van der Waals surface area (Å²) in [4.78, 5) is 22.4. The number of aliphatic hydroxyl groups excluding tert-OH is 1. The molecule has 2 aromatic heterocycles. The van der Waals surface area contributed by atoms with Crippen molar-refractivity contribution in [3.63, 3.8) is 0 Å². The number of pyridine rings is 1. The minimum absolute atomic E-state index is 0.0263. The van der Waals surface area contributed by atoms with E-state index in [4.69, 9.17) is 4.52 Å². The van der Waals surface area contributed by atoms with Gasteiger partial charge in [0.15, 0.2) is 0 Å². The third-order valence-electron chi connectivity index (χ3n) is 4.12. The first kappa shape index (κ1) is 15.6. The molecule has 1 aliphatic heterocycles. The highest BCUT2D eigenvalue weighted by Crippen LogP contribution is 2.19. The Bertz CT molecular complexity index is 644. The molecule has 1 fully saturated rings. The van der Waals surface area contributed by atoms with Gasteiger partial charge in [0.2, 0.25) is 17.6 Å². The quantitative estimate of drug-likeness (QED) is 0.897. The molecule has 0 aliphatic carbocycles. The summed E-state index contributed by atoms with van der Waals surface area (Å²) in [5, 5.41) is 13.3. The van der Waals surface area contributed by atoms with E-state index in [0.717, 1.165) is 31.4 Å². The van der Waals surface area contributed by atoms with Crippen LogP contribution in [0, 0.1) is 0 Å². The highest BCUT2D eigenvalue weighted by atomic mass is 16.5. The average Bonchev–Trinajstić information content (AvgIpc) is 3.09. The number of rotatable bonds is 5. The van der Waals surface area contributed by atoms with Gasteiger partial charge in [-0.15, -0.1) is 0 Å². The molecule has 2 aromatic rings. The van der Waals surface area contributed by atoms with Crippen molar-refractivity contribution in [3.05, 3.63) is 30.4 Å². The molecule has 0 spiro atoms. The van der Waals surface area contributed by atoms with Gasteiger partial charge in [-0.05, 0) is 31.4 Å². The summed E-state index contributed by atoms with van der Waals surface area (Å²) in [6.45, 7) is 0.745. The molecule has 1 aliphatic rings. The molecule has 3 rings (SSSR count). The zero-order valence-corrected chi connectivity index (χ0v) is 12.9. The van der Waals surface area contributed by atoms with Crippen LogP contribution in [0.5, 0.6) is 0 Å². The van der Waals surface area contributed by atoms with Crippen molar-refractivity contribution < 1.29 is 14.4 Å². The van der Waals surface area contributed by atoms with E-state index in [2.05, 4.69) is 15.1 Å². The zero-order chi connectivity index (χ0) is 16.1. The Morgan fingerprint density at radius 1 is 1.35 bits per heavy atom. The molecule has 7 heteroatoms. The van der Waals surface area contributed by atoms with Crippen molar-refractivity contribution in [1.82, 2.24) is 20.0 Å². The highest BCUT2D eigenvalue weighted by Gasteiger charge is 2.26. The summed E-state index contributed by atoms with van der Waals surface area (Å²) in [5.41, 5.74) is 0.831. The number of amides is 1. The first-order valence-electron chi connectivity index (χ1n) is 7.91. The molecule has 0 saturated carbocycles. The number of hydrogen-bond donors (Lipinski definition) is 1. The summed E-state index contributed by atoms with van der Waals surface area (Å²) in [6, 6.07) is 3.56. The number of likely N-dealkylation sites (tertiary alicyclic amines) is 1. The van der Waals surface area contributed by atoms with Crippen LogP contribution in [0.15, 0.2) is 29.0 Å². The third-order valence-corrected chi connectivity index (χ3v) is 4.12. The van der Waals surface area contributed by atoms with Crippen molar-refractivity contribution in [1.29, 1.82) is 0 Å².